The monoisotopic (exact) mass is 762 g/mol. The van der Waals surface area contributed by atoms with Gasteiger partial charge in [-0.2, -0.15) is 13.2 Å². The molecule has 3 amide bonds. The minimum atomic E-state index is -4.73. The molecule has 0 radical (unpaired) electrons. The van der Waals surface area contributed by atoms with Crippen molar-refractivity contribution in [3.8, 4) is 0 Å². The second-order valence-electron chi connectivity index (χ2n) is 14.8. The highest BCUT2D eigenvalue weighted by Crippen LogP contribution is 2.40. The van der Waals surface area contributed by atoms with Crippen molar-refractivity contribution in [2.75, 3.05) is 25.0 Å². The van der Waals surface area contributed by atoms with Gasteiger partial charge in [0.1, 0.15) is 23.4 Å². The molecule has 55 heavy (non-hydrogen) atoms. The topological polar surface area (TPSA) is 157 Å². The smallest absolute Gasteiger partial charge is 0.434 e. The third-order valence-electron chi connectivity index (χ3n) is 11.2. The number of hydrogen-bond donors (Lipinski definition) is 2. The first-order valence-electron chi connectivity index (χ1n) is 18.3. The van der Waals surface area contributed by atoms with Gasteiger partial charge in [-0.05, 0) is 74.8 Å². The van der Waals surface area contributed by atoms with Crippen LogP contribution >= 0.6 is 0 Å². The Morgan fingerprint density at radius 1 is 1.02 bits per heavy atom. The number of rotatable bonds is 7. The van der Waals surface area contributed by atoms with Crippen LogP contribution in [-0.4, -0.2) is 72.5 Å². The van der Waals surface area contributed by atoms with E-state index in [2.05, 4.69) is 30.5 Å². The summed E-state index contributed by atoms with van der Waals surface area (Å²) < 4.78 is 64.1. The Kier molecular flexibility index (Phi) is 9.51. The number of nitrogens with zero attached hydrogens (tertiary/aromatic N) is 6. The number of piperidine rings is 2. The largest absolute Gasteiger partial charge is 0.440 e. The van der Waals surface area contributed by atoms with Gasteiger partial charge in [-0.15, -0.1) is 0 Å². The van der Waals surface area contributed by atoms with Crippen molar-refractivity contribution in [2.24, 2.45) is 13.0 Å². The Morgan fingerprint density at radius 2 is 1.82 bits per heavy atom. The number of aryl methyl sites for hydroxylation is 1. The van der Waals surface area contributed by atoms with Crippen LogP contribution in [0.3, 0.4) is 0 Å². The molecule has 2 saturated heterocycles. The SMILES string of the molecule is Cn1c(=O)n(C2CCC(=O)NC2=O)c2cccc([C@@H]3CCN(CC4CCC(c5nc6ccc(NC(=O)c7cncc(C(F)(F)F)n7)cc6o5)CC4)C[C@H]3F)c21. The molecule has 3 fully saturated rings. The first-order chi connectivity index (χ1) is 26.3. The number of carbonyl (C=O) groups is 3. The number of aromatic nitrogens is 5. The van der Waals surface area contributed by atoms with Crippen LogP contribution in [0.25, 0.3) is 22.1 Å². The number of likely N-dealkylation sites (tertiary alicyclic amines) is 1. The Hall–Kier alpha value is -5.45. The van der Waals surface area contributed by atoms with Crippen LogP contribution in [0.5, 0.6) is 0 Å². The van der Waals surface area contributed by atoms with E-state index in [0.29, 0.717) is 58.8 Å². The molecule has 3 aromatic heterocycles. The molecule has 3 aliphatic rings. The lowest BCUT2D eigenvalue weighted by Crippen LogP contribution is -2.44. The molecule has 2 N–H and O–H groups in total. The molecule has 5 aromatic rings. The fourth-order valence-corrected chi connectivity index (χ4v) is 8.44. The van der Waals surface area contributed by atoms with Crippen molar-refractivity contribution < 1.29 is 36.4 Å². The number of benzene rings is 2. The lowest BCUT2D eigenvalue weighted by atomic mass is 9.81. The molecule has 8 rings (SSSR count). The van der Waals surface area contributed by atoms with Crippen molar-refractivity contribution in [1.29, 1.82) is 0 Å². The van der Waals surface area contributed by atoms with Gasteiger partial charge in [0, 0.05) is 50.1 Å². The number of carbonyl (C=O) groups excluding carboxylic acids is 3. The van der Waals surface area contributed by atoms with E-state index in [4.69, 9.17) is 4.42 Å². The molecular weight excluding hydrogens is 724 g/mol. The zero-order chi connectivity index (χ0) is 38.6. The summed E-state index contributed by atoms with van der Waals surface area (Å²) in [6, 6.07) is 9.45. The van der Waals surface area contributed by atoms with E-state index in [1.54, 1.807) is 37.4 Å². The maximum atomic E-state index is 16.1. The summed E-state index contributed by atoms with van der Waals surface area (Å²) in [6.45, 7) is 1.74. The van der Waals surface area contributed by atoms with E-state index in [1.165, 1.54) is 9.13 Å². The summed E-state index contributed by atoms with van der Waals surface area (Å²) in [7, 11) is 1.64. The molecule has 2 aromatic carbocycles. The zero-order valence-corrected chi connectivity index (χ0v) is 29.8. The first-order valence-corrected chi connectivity index (χ1v) is 18.3. The van der Waals surface area contributed by atoms with E-state index in [0.717, 1.165) is 44.0 Å². The number of nitrogens with one attached hydrogen (secondary N) is 2. The molecule has 5 heterocycles. The highest BCUT2D eigenvalue weighted by Gasteiger charge is 2.37. The Labute approximate surface area is 311 Å². The van der Waals surface area contributed by atoms with Crippen molar-refractivity contribution in [3.05, 3.63) is 82.1 Å². The second-order valence-corrected chi connectivity index (χ2v) is 14.8. The van der Waals surface area contributed by atoms with Crippen molar-refractivity contribution in [2.45, 2.75) is 75.2 Å². The normalized spacial score (nSPS) is 24.0. The Bertz CT molecular complexity index is 2360. The number of anilines is 1. The van der Waals surface area contributed by atoms with Crippen LogP contribution in [-0.2, 0) is 22.8 Å². The molecule has 1 unspecified atom stereocenters. The Morgan fingerprint density at radius 3 is 2.56 bits per heavy atom. The molecule has 1 aliphatic carbocycles. The van der Waals surface area contributed by atoms with E-state index < -0.39 is 47.5 Å². The lowest BCUT2D eigenvalue weighted by molar-refractivity contribution is -0.141. The zero-order valence-electron chi connectivity index (χ0n) is 29.8. The molecule has 288 valence electrons. The van der Waals surface area contributed by atoms with Gasteiger partial charge >= 0.3 is 11.9 Å². The molecule has 1 saturated carbocycles. The fourth-order valence-electron chi connectivity index (χ4n) is 8.44. The average molecular weight is 763 g/mol. The molecular formula is C38H38F4N8O5. The number of imide groups is 1. The predicted molar refractivity (Wildman–Crippen MR) is 191 cm³/mol. The number of oxazole rings is 1. The maximum Gasteiger partial charge on any atom is 0.434 e. The molecule has 0 spiro atoms. The van der Waals surface area contributed by atoms with Crippen LogP contribution in [0.15, 0.2) is 58.0 Å². The van der Waals surface area contributed by atoms with Crippen LogP contribution in [0.2, 0.25) is 0 Å². The Balaban J connectivity index is 0.872. The molecule has 13 nitrogen and oxygen atoms in total. The van der Waals surface area contributed by atoms with Gasteiger partial charge < -0.3 is 14.6 Å². The third kappa shape index (κ3) is 7.12. The number of amides is 3. The molecule has 3 atom stereocenters. The fraction of sp³-hybridized carbons (Fsp3) is 0.447. The second kappa shape index (κ2) is 14.3. The van der Waals surface area contributed by atoms with Gasteiger partial charge in [-0.1, -0.05) is 12.1 Å². The highest BCUT2D eigenvalue weighted by atomic mass is 19.4. The van der Waals surface area contributed by atoms with Gasteiger partial charge in [0.25, 0.3) is 5.91 Å². The van der Waals surface area contributed by atoms with Crippen LogP contribution < -0.4 is 16.3 Å². The number of para-hydroxylation sites is 1. The standard InChI is InChI=1S/C38H38F4N8O5/c1-48-33-24(3-2-4-28(33)50(37(48)54)29-11-12-32(51)47-35(29)53)23-13-14-49(19-25(23)39)18-20-5-7-21(8-6-20)36-46-26-10-9-22(15-30(26)55-36)44-34(52)27-16-43-17-31(45-27)38(40,41)42/h2-4,9-10,15-17,20-21,23,25,29H,5-8,11-14,18-19H2,1H3,(H,44,52)(H,47,51,53)/t20?,21?,23-,25+,29?/m0/s1. The van der Waals surface area contributed by atoms with Crippen LogP contribution in [0, 0.1) is 5.92 Å². The third-order valence-corrected chi connectivity index (χ3v) is 11.2. The summed E-state index contributed by atoms with van der Waals surface area (Å²) in [6.07, 6.45) is 0.0723. The molecule has 2 aliphatic heterocycles. The van der Waals surface area contributed by atoms with E-state index in [9.17, 15) is 32.3 Å². The summed E-state index contributed by atoms with van der Waals surface area (Å²) >= 11 is 0. The number of hydrogen-bond acceptors (Lipinski definition) is 9. The van der Waals surface area contributed by atoms with Gasteiger partial charge in [-0.3, -0.25) is 33.8 Å². The first kappa shape index (κ1) is 36.5. The number of alkyl halides is 4. The van der Waals surface area contributed by atoms with Crippen LogP contribution in [0.4, 0.5) is 23.2 Å². The van der Waals surface area contributed by atoms with Crippen molar-refractivity contribution in [3.63, 3.8) is 0 Å². The summed E-state index contributed by atoms with van der Waals surface area (Å²) in [5.74, 6) is -1.09. The number of halogens is 4. The molecule has 17 heteroatoms. The molecule has 0 bridgehead atoms. The highest BCUT2D eigenvalue weighted by molar-refractivity contribution is 6.03. The predicted octanol–water partition coefficient (Wildman–Crippen LogP) is 5.62. The average Bonchev–Trinajstić information content (AvgIpc) is 3.69. The van der Waals surface area contributed by atoms with Gasteiger partial charge in [-0.25, -0.2) is 19.2 Å². The van der Waals surface area contributed by atoms with Crippen molar-refractivity contribution in [1.82, 2.24) is 34.3 Å². The van der Waals surface area contributed by atoms with Crippen molar-refractivity contribution >= 4 is 45.5 Å². The van der Waals surface area contributed by atoms with Crippen LogP contribution in [0.1, 0.15) is 90.5 Å². The number of fused-ring (bicyclic) bond motifs is 2. The number of imidazole rings is 1. The van der Waals surface area contributed by atoms with E-state index >= 15 is 4.39 Å². The van der Waals surface area contributed by atoms with Gasteiger partial charge in [0.15, 0.2) is 17.2 Å². The quantitative estimate of drug-likeness (QED) is 0.159. The van der Waals surface area contributed by atoms with E-state index in [1.807, 2.05) is 6.07 Å². The maximum absolute atomic E-state index is 16.1. The lowest BCUT2D eigenvalue weighted by Gasteiger charge is -2.38. The summed E-state index contributed by atoms with van der Waals surface area (Å²) in [4.78, 5) is 64.1. The summed E-state index contributed by atoms with van der Waals surface area (Å²) in [5, 5.41) is 4.87. The summed E-state index contributed by atoms with van der Waals surface area (Å²) in [5.41, 5.74) is 1.14. The minimum Gasteiger partial charge on any atom is -0.440 e. The van der Waals surface area contributed by atoms with Gasteiger partial charge in [0.05, 0.1) is 23.4 Å². The minimum absolute atomic E-state index is 0.0846. The van der Waals surface area contributed by atoms with E-state index in [-0.39, 0.29) is 36.9 Å². The van der Waals surface area contributed by atoms with Gasteiger partial charge in [0.2, 0.25) is 11.8 Å².